The quantitative estimate of drug-likeness (QED) is 0.855. The molecule has 0 saturated heterocycles. The molecule has 0 bridgehead atoms. The van der Waals surface area contributed by atoms with Crippen LogP contribution in [0.1, 0.15) is 37.8 Å². The summed E-state index contributed by atoms with van der Waals surface area (Å²) in [7, 11) is 0. The highest BCUT2D eigenvalue weighted by molar-refractivity contribution is 8.14. The van der Waals surface area contributed by atoms with Crippen molar-refractivity contribution in [2.75, 3.05) is 13.1 Å². The number of aryl methyl sites for hydroxylation is 1. The van der Waals surface area contributed by atoms with E-state index in [1.165, 1.54) is 24.0 Å². The van der Waals surface area contributed by atoms with E-state index in [-0.39, 0.29) is 0 Å². The molecule has 0 radical (unpaired) electrons. The average molecular weight is 290 g/mol. The van der Waals surface area contributed by atoms with E-state index in [2.05, 4.69) is 55.3 Å². The normalized spacial score (nSPS) is 18.4. The number of hydrogen-bond donors (Lipinski definition) is 1. The maximum absolute atomic E-state index is 4.65. The monoisotopic (exact) mass is 290 g/mol. The molecule has 0 aromatic heterocycles. The van der Waals surface area contributed by atoms with Crippen LogP contribution in [0, 0.1) is 12.8 Å². The Kier molecular flexibility index (Phi) is 5.96. The van der Waals surface area contributed by atoms with Crippen LogP contribution in [0.25, 0.3) is 0 Å². The van der Waals surface area contributed by atoms with Crippen LogP contribution >= 0.6 is 11.8 Å². The summed E-state index contributed by atoms with van der Waals surface area (Å²) in [6.45, 7) is 8.69. The largest absolute Gasteiger partial charge is 0.365 e. The lowest BCUT2D eigenvalue weighted by Gasteiger charge is -2.18. The fourth-order valence-electron chi connectivity index (χ4n) is 2.73. The lowest BCUT2D eigenvalue weighted by atomic mass is 9.99. The van der Waals surface area contributed by atoms with Crippen LogP contribution in [0.5, 0.6) is 0 Å². The molecule has 2 nitrogen and oxygen atoms in total. The van der Waals surface area contributed by atoms with Crippen molar-refractivity contribution >= 4 is 16.9 Å². The minimum Gasteiger partial charge on any atom is -0.365 e. The Hall–Kier alpha value is -0.960. The summed E-state index contributed by atoms with van der Waals surface area (Å²) >= 11 is 1.95. The Bertz CT molecular complexity index is 452. The average Bonchev–Trinajstić information content (AvgIpc) is 2.89. The van der Waals surface area contributed by atoms with Crippen molar-refractivity contribution < 1.29 is 0 Å². The van der Waals surface area contributed by atoms with E-state index in [0.717, 1.165) is 30.6 Å². The molecule has 3 heteroatoms. The Labute approximate surface area is 127 Å². The molecule has 0 aliphatic carbocycles. The van der Waals surface area contributed by atoms with Gasteiger partial charge in [-0.15, -0.1) is 0 Å². The zero-order valence-electron chi connectivity index (χ0n) is 12.9. The number of benzene rings is 1. The topological polar surface area (TPSA) is 24.4 Å². The number of amidine groups is 1. The lowest BCUT2D eigenvalue weighted by molar-refractivity contribution is 0.479. The lowest BCUT2D eigenvalue weighted by Crippen LogP contribution is -2.23. The maximum atomic E-state index is 4.65. The van der Waals surface area contributed by atoms with Gasteiger partial charge in [-0.25, -0.2) is 0 Å². The summed E-state index contributed by atoms with van der Waals surface area (Å²) < 4.78 is 0. The Morgan fingerprint density at radius 1 is 1.35 bits per heavy atom. The number of hydrogen-bond acceptors (Lipinski definition) is 3. The van der Waals surface area contributed by atoms with E-state index in [1.54, 1.807) is 0 Å². The zero-order valence-corrected chi connectivity index (χ0v) is 13.7. The van der Waals surface area contributed by atoms with Gasteiger partial charge in [0.2, 0.25) is 0 Å². The molecule has 1 N–H and O–H groups in total. The van der Waals surface area contributed by atoms with Crippen LogP contribution in [0.15, 0.2) is 29.3 Å². The molecule has 1 aromatic carbocycles. The third-order valence-corrected chi connectivity index (χ3v) is 5.36. The van der Waals surface area contributed by atoms with E-state index in [4.69, 9.17) is 0 Å². The number of rotatable bonds is 6. The highest BCUT2D eigenvalue weighted by atomic mass is 32.2. The first kappa shape index (κ1) is 15.4. The first-order valence-electron chi connectivity index (χ1n) is 7.73. The van der Waals surface area contributed by atoms with E-state index < -0.39 is 0 Å². The van der Waals surface area contributed by atoms with Crippen molar-refractivity contribution in [2.24, 2.45) is 10.9 Å². The molecule has 1 atom stereocenters. The van der Waals surface area contributed by atoms with Crippen LogP contribution in [0.2, 0.25) is 0 Å². The third-order valence-electron chi connectivity index (χ3n) is 4.02. The van der Waals surface area contributed by atoms with Gasteiger partial charge < -0.3 is 5.32 Å². The van der Waals surface area contributed by atoms with Gasteiger partial charge in [-0.2, -0.15) is 0 Å². The molecule has 0 amide bonds. The molecule has 1 aliphatic rings. The predicted octanol–water partition coefficient (Wildman–Crippen LogP) is 4.03. The molecule has 0 fully saturated rings. The number of aliphatic imine (C=N–C) groups is 1. The second-order valence-electron chi connectivity index (χ2n) is 5.54. The van der Waals surface area contributed by atoms with Crippen molar-refractivity contribution in [3.05, 3.63) is 35.4 Å². The van der Waals surface area contributed by atoms with Gasteiger partial charge in [0.1, 0.15) is 0 Å². The molecular weight excluding hydrogens is 264 g/mol. The summed E-state index contributed by atoms with van der Waals surface area (Å²) in [5.74, 6) is 0.805. The minimum absolute atomic E-state index is 0.687. The van der Waals surface area contributed by atoms with E-state index in [1.807, 2.05) is 11.8 Å². The first-order chi connectivity index (χ1) is 9.72. The Morgan fingerprint density at radius 2 is 2.15 bits per heavy atom. The number of thioether (sulfide) groups is 1. The third kappa shape index (κ3) is 4.27. The minimum atomic E-state index is 0.687. The van der Waals surface area contributed by atoms with E-state index >= 15 is 0 Å². The van der Waals surface area contributed by atoms with Gasteiger partial charge in [-0.3, -0.25) is 4.99 Å². The van der Waals surface area contributed by atoms with Gasteiger partial charge in [0.25, 0.3) is 0 Å². The van der Waals surface area contributed by atoms with Crippen LogP contribution in [0.3, 0.4) is 0 Å². The highest BCUT2D eigenvalue weighted by Gasteiger charge is 2.25. The van der Waals surface area contributed by atoms with Crippen LogP contribution < -0.4 is 5.32 Å². The standard InChI is InChI=1S/C17H26N2S/c1-4-15(5-2)16-12-19-17(20-16)18-10-9-14-8-6-7-13(3)11-14/h6-8,11,15-16H,4-5,9-10,12H2,1-3H3,(H,18,19). The SMILES string of the molecule is CCC(CC)C1CN=C(NCCc2cccc(C)c2)S1. The molecule has 2 rings (SSSR count). The summed E-state index contributed by atoms with van der Waals surface area (Å²) in [6, 6.07) is 8.74. The fourth-order valence-corrected chi connectivity index (χ4v) is 4.08. The highest BCUT2D eigenvalue weighted by Crippen LogP contribution is 2.30. The molecule has 0 spiro atoms. The summed E-state index contributed by atoms with van der Waals surface area (Å²) in [5, 5.41) is 5.33. The van der Waals surface area contributed by atoms with Crippen molar-refractivity contribution in [2.45, 2.75) is 45.3 Å². The van der Waals surface area contributed by atoms with Gasteiger partial charge >= 0.3 is 0 Å². The number of nitrogens with zero attached hydrogens (tertiary/aromatic N) is 1. The second kappa shape index (κ2) is 7.72. The Morgan fingerprint density at radius 3 is 2.85 bits per heavy atom. The fraction of sp³-hybridized carbons (Fsp3) is 0.588. The smallest absolute Gasteiger partial charge is 0.156 e. The van der Waals surface area contributed by atoms with E-state index in [9.17, 15) is 0 Å². The molecule has 1 unspecified atom stereocenters. The van der Waals surface area contributed by atoms with Gasteiger partial charge in [0.15, 0.2) is 5.17 Å². The molecule has 1 aromatic rings. The maximum Gasteiger partial charge on any atom is 0.156 e. The van der Waals surface area contributed by atoms with Gasteiger partial charge in [0, 0.05) is 11.8 Å². The molecule has 1 heterocycles. The van der Waals surface area contributed by atoms with E-state index in [0.29, 0.717) is 5.25 Å². The van der Waals surface area contributed by atoms with Crippen molar-refractivity contribution in [3.63, 3.8) is 0 Å². The van der Waals surface area contributed by atoms with Crippen LogP contribution in [-0.2, 0) is 6.42 Å². The van der Waals surface area contributed by atoms with Crippen LogP contribution in [0.4, 0.5) is 0 Å². The Balaban J connectivity index is 1.73. The van der Waals surface area contributed by atoms with Gasteiger partial charge in [-0.05, 0) is 24.8 Å². The molecular formula is C17H26N2S. The molecule has 20 heavy (non-hydrogen) atoms. The zero-order chi connectivity index (χ0) is 14.4. The number of nitrogens with one attached hydrogen (secondary N) is 1. The second-order valence-corrected chi connectivity index (χ2v) is 6.77. The van der Waals surface area contributed by atoms with Crippen LogP contribution in [-0.4, -0.2) is 23.5 Å². The summed E-state index contributed by atoms with van der Waals surface area (Å²) in [4.78, 5) is 4.65. The van der Waals surface area contributed by atoms with Crippen molar-refractivity contribution in [1.82, 2.24) is 5.32 Å². The van der Waals surface area contributed by atoms with Gasteiger partial charge in [0.05, 0.1) is 6.54 Å². The predicted molar refractivity (Wildman–Crippen MR) is 90.6 cm³/mol. The van der Waals surface area contributed by atoms with Gasteiger partial charge in [-0.1, -0.05) is 68.3 Å². The molecule has 0 saturated carbocycles. The summed E-state index contributed by atoms with van der Waals surface area (Å²) in [5.41, 5.74) is 2.74. The molecule has 1 aliphatic heterocycles. The molecule has 110 valence electrons. The first-order valence-corrected chi connectivity index (χ1v) is 8.61. The van der Waals surface area contributed by atoms with Crippen molar-refractivity contribution in [3.8, 4) is 0 Å². The van der Waals surface area contributed by atoms with Crippen molar-refractivity contribution in [1.29, 1.82) is 0 Å². The summed E-state index contributed by atoms with van der Waals surface area (Å²) in [6.07, 6.45) is 3.59.